The lowest BCUT2D eigenvalue weighted by molar-refractivity contribution is -0.161. The predicted molar refractivity (Wildman–Crippen MR) is 175 cm³/mol. The van der Waals surface area contributed by atoms with Crippen LogP contribution in [0.1, 0.15) is 149 Å². The van der Waals surface area contributed by atoms with Gasteiger partial charge < -0.3 is 19.3 Å². The topological polar surface area (TPSA) is 119 Å². The first-order valence-electron chi connectivity index (χ1n) is 16.8. The van der Waals surface area contributed by atoms with Gasteiger partial charge in [-0.15, -0.1) is 0 Å². The van der Waals surface area contributed by atoms with Gasteiger partial charge in [0.05, 0.1) is 6.61 Å². The minimum atomic E-state index is -4.76. The Morgan fingerprint density at radius 3 is 1.70 bits per heavy atom. The zero-order chi connectivity index (χ0) is 31.9. The fourth-order valence-electron chi connectivity index (χ4n) is 4.36. The average molecular weight is 629 g/mol. The van der Waals surface area contributed by atoms with E-state index in [-0.39, 0.29) is 19.4 Å². The summed E-state index contributed by atoms with van der Waals surface area (Å²) in [5.74, 6) is -0.978. The van der Waals surface area contributed by atoms with E-state index in [2.05, 4.69) is 42.7 Å². The molecule has 0 aliphatic carbocycles. The predicted octanol–water partition coefficient (Wildman–Crippen LogP) is 9.45. The third kappa shape index (κ3) is 33.0. The zero-order valence-corrected chi connectivity index (χ0v) is 28.0. The van der Waals surface area contributed by atoms with Gasteiger partial charge in [0.2, 0.25) is 0 Å². The van der Waals surface area contributed by atoms with Crippen LogP contribution >= 0.6 is 7.82 Å². The molecular formula is C34H61O8P. The lowest BCUT2D eigenvalue weighted by Crippen LogP contribution is -2.29. The zero-order valence-electron chi connectivity index (χ0n) is 27.1. The molecule has 43 heavy (non-hydrogen) atoms. The second kappa shape index (κ2) is 30.3. The molecule has 0 fully saturated rings. The van der Waals surface area contributed by atoms with Crippen LogP contribution in [0.2, 0.25) is 0 Å². The molecule has 2 N–H and O–H groups in total. The van der Waals surface area contributed by atoms with Gasteiger partial charge in [0, 0.05) is 12.8 Å². The van der Waals surface area contributed by atoms with E-state index in [0.717, 1.165) is 51.4 Å². The second-order valence-corrected chi connectivity index (χ2v) is 12.4. The van der Waals surface area contributed by atoms with Crippen LogP contribution in [0.4, 0.5) is 0 Å². The first kappa shape index (κ1) is 41.3. The Kier molecular flexibility index (Phi) is 29.1. The van der Waals surface area contributed by atoms with Crippen LogP contribution in [0.3, 0.4) is 0 Å². The normalized spacial score (nSPS) is 12.9. The van der Waals surface area contributed by atoms with Crippen molar-refractivity contribution < 1.29 is 37.9 Å². The van der Waals surface area contributed by atoms with Crippen LogP contribution in [-0.4, -0.2) is 41.0 Å². The molecule has 0 rings (SSSR count). The van der Waals surface area contributed by atoms with Gasteiger partial charge in [0.1, 0.15) is 6.61 Å². The Hall–Kier alpha value is -1.73. The number of phosphoric ester groups is 1. The van der Waals surface area contributed by atoms with E-state index < -0.39 is 32.5 Å². The van der Waals surface area contributed by atoms with Crippen molar-refractivity contribution in [3.05, 3.63) is 36.5 Å². The highest BCUT2D eigenvalue weighted by atomic mass is 31.2. The summed E-state index contributed by atoms with van der Waals surface area (Å²) in [4.78, 5) is 42.4. The number of ether oxygens (including phenoxy) is 2. The van der Waals surface area contributed by atoms with Gasteiger partial charge in [-0.25, -0.2) is 4.57 Å². The highest BCUT2D eigenvalue weighted by Gasteiger charge is 2.22. The Morgan fingerprint density at radius 1 is 0.605 bits per heavy atom. The van der Waals surface area contributed by atoms with Gasteiger partial charge in [0.25, 0.3) is 0 Å². The molecule has 1 atom stereocenters. The maximum atomic E-state index is 12.3. The molecule has 0 bridgehead atoms. The van der Waals surface area contributed by atoms with Gasteiger partial charge in [-0.05, 0) is 57.8 Å². The Morgan fingerprint density at radius 2 is 1.09 bits per heavy atom. The molecule has 9 heteroatoms. The van der Waals surface area contributed by atoms with Gasteiger partial charge in [0.15, 0.2) is 6.10 Å². The molecule has 0 aliphatic heterocycles. The maximum absolute atomic E-state index is 12.3. The molecular weight excluding hydrogens is 567 g/mol. The van der Waals surface area contributed by atoms with Crippen molar-refractivity contribution in [2.75, 3.05) is 13.2 Å². The summed E-state index contributed by atoms with van der Waals surface area (Å²) in [7, 11) is -4.76. The summed E-state index contributed by atoms with van der Waals surface area (Å²) in [6, 6.07) is 0. The first-order valence-corrected chi connectivity index (χ1v) is 18.3. The number of phosphoric acid groups is 1. The molecule has 250 valence electrons. The molecule has 0 spiro atoms. The summed E-state index contributed by atoms with van der Waals surface area (Å²) in [5.41, 5.74) is 0. The molecule has 0 aromatic rings. The van der Waals surface area contributed by atoms with Crippen LogP contribution in [0, 0.1) is 0 Å². The van der Waals surface area contributed by atoms with Gasteiger partial charge in [-0.1, -0.05) is 115 Å². The Balaban J connectivity index is 4.13. The molecule has 0 aromatic carbocycles. The Bertz CT molecular complexity index is 802. The van der Waals surface area contributed by atoms with E-state index in [9.17, 15) is 14.2 Å². The molecule has 1 unspecified atom stereocenters. The third-order valence-electron chi connectivity index (χ3n) is 6.89. The molecule has 0 saturated carbocycles. The number of unbranched alkanes of at least 4 members (excludes halogenated alkanes) is 14. The van der Waals surface area contributed by atoms with E-state index >= 15 is 0 Å². The quantitative estimate of drug-likeness (QED) is 0.0349. The third-order valence-corrected chi connectivity index (χ3v) is 7.38. The average Bonchev–Trinajstić information content (AvgIpc) is 2.97. The summed E-state index contributed by atoms with van der Waals surface area (Å²) in [5, 5.41) is 0. The summed E-state index contributed by atoms with van der Waals surface area (Å²) >= 11 is 0. The largest absolute Gasteiger partial charge is 0.469 e. The van der Waals surface area contributed by atoms with Crippen molar-refractivity contribution in [2.45, 2.75) is 155 Å². The van der Waals surface area contributed by atoms with Gasteiger partial charge in [-0.2, -0.15) is 0 Å². The monoisotopic (exact) mass is 628 g/mol. The SMILES string of the molecule is CCCCC/C=C/CCCCCCCC(=O)OCC(COP(=O)(O)O)OC(=O)CC/C=C/C/C=C/CCCCCCCC. The molecule has 0 saturated heterocycles. The maximum Gasteiger partial charge on any atom is 0.469 e. The number of carbonyl (C=O) groups is 2. The van der Waals surface area contributed by atoms with Crippen molar-refractivity contribution >= 4 is 19.8 Å². The van der Waals surface area contributed by atoms with Crippen LogP contribution in [0.25, 0.3) is 0 Å². The van der Waals surface area contributed by atoms with Crippen molar-refractivity contribution in [3.8, 4) is 0 Å². The van der Waals surface area contributed by atoms with E-state index in [1.165, 1.54) is 57.8 Å². The smallest absolute Gasteiger partial charge is 0.462 e. The minimum Gasteiger partial charge on any atom is -0.462 e. The fourth-order valence-corrected chi connectivity index (χ4v) is 4.72. The minimum absolute atomic E-state index is 0.104. The van der Waals surface area contributed by atoms with Crippen LogP contribution < -0.4 is 0 Å². The molecule has 0 radical (unpaired) electrons. The van der Waals surface area contributed by atoms with Crippen LogP contribution in [0.15, 0.2) is 36.5 Å². The van der Waals surface area contributed by atoms with E-state index in [4.69, 9.17) is 19.3 Å². The highest BCUT2D eigenvalue weighted by Crippen LogP contribution is 2.35. The lowest BCUT2D eigenvalue weighted by Gasteiger charge is -2.18. The number of hydrogen-bond acceptors (Lipinski definition) is 6. The second-order valence-electron chi connectivity index (χ2n) is 11.1. The molecule has 0 amide bonds. The van der Waals surface area contributed by atoms with E-state index in [0.29, 0.717) is 12.8 Å². The molecule has 0 aromatic heterocycles. The van der Waals surface area contributed by atoms with Crippen molar-refractivity contribution in [1.82, 2.24) is 0 Å². The Labute approximate surface area is 262 Å². The molecule has 0 aliphatic rings. The number of esters is 2. The van der Waals surface area contributed by atoms with E-state index in [1.807, 2.05) is 12.2 Å². The van der Waals surface area contributed by atoms with Crippen LogP contribution in [0.5, 0.6) is 0 Å². The van der Waals surface area contributed by atoms with Crippen molar-refractivity contribution in [3.63, 3.8) is 0 Å². The van der Waals surface area contributed by atoms with Gasteiger partial charge in [-0.3, -0.25) is 14.1 Å². The molecule has 0 heterocycles. The molecule has 8 nitrogen and oxygen atoms in total. The lowest BCUT2D eigenvalue weighted by atomic mass is 10.1. The van der Waals surface area contributed by atoms with Crippen LogP contribution in [-0.2, 0) is 28.2 Å². The number of hydrogen-bond donors (Lipinski definition) is 2. The summed E-state index contributed by atoms with van der Waals surface area (Å²) in [6.45, 7) is 3.56. The van der Waals surface area contributed by atoms with E-state index in [1.54, 1.807) is 0 Å². The summed E-state index contributed by atoms with van der Waals surface area (Å²) < 4.78 is 26.1. The van der Waals surface area contributed by atoms with Gasteiger partial charge >= 0.3 is 19.8 Å². The summed E-state index contributed by atoms with van der Waals surface area (Å²) in [6.07, 6.45) is 33.1. The van der Waals surface area contributed by atoms with Crippen molar-refractivity contribution in [2.24, 2.45) is 0 Å². The standard InChI is InChI=1S/C34H61O8P/c1-3-5-7-9-11-13-15-17-19-21-23-25-27-29-34(36)42-32(31-41-43(37,38)39)30-40-33(35)28-26-24-22-20-18-16-14-12-10-8-6-4-2/h12,14,17,19,23,25,32H,3-11,13,15-16,18,20-22,24,26-31H2,1-2H3,(H2,37,38,39)/b14-12+,19-17+,25-23+. The highest BCUT2D eigenvalue weighted by molar-refractivity contribution is 7.46. The first-order chi connectivity index (χ1) is 20.8. The number of allylic oxidation sites excluding steroid dienone is 6. The number of carbonyl (C=O) groups excluding carboxylic acids is 2. The fraction of sp³-hybridized carbons (Fsp3) is 0.765. The van der Waals surface area contributed by atoms with Crippen molar-refractivity contribution in [1.29, 1.82) is 0 Å². The number of rotatable bonds is 30.